The van der Waals surface area contributed by atoms with Crippen molar-refractivity contribution in [2.45, 2.75) is 77.0 Å². The molecule has 0 unspecified atom stereocenters. The number of aryl methyl sites for hydroxylation is 2. The van der Waals surface area contributed by atoms with Crippen molar-refractivity contribution < 1.29 is 0 Å². The zero-order valence-electron chi connectivity index (χ0n) is 40.1. The van der Waals surface area contributed by atoms with Gasteiger partial charge in [-0.3, -0.25) is 0 Å². The lowest BCUT2D eigenvalue weighted by Gasteiger charge is -2.52. The van der Waals surface area contributed by atoms with E-state index in [4.69, 9.17) is 0 Å². The van der Waals surface area contributed by atoms with Gasteiger partial charge in [0.15, 0.2) is 0 Å². The number of hydrogen-bond acceptors (Lipinski definition) is 2. The number of anilines is 5. The average Bonchev–Trinajstić information content (AvgIpc) is 3.82. The summed E-state index contributed by atoms with van der Waals surface area (Å²) in [6.45, 7) is 9.40. The van der Waals surface area contributed by atoms with Crippen LogP contribution in [0.5, 0.6) is 0 Å². The molecule has 3 heteroatoms. The fourth-order valence-electron chi connectivity index (χ4n) is 13.8. The summed E-state index contributed by atoms with van der Waals surface area (Å²) in [6, 6.07) is 73.2. The van der Waals surface area contributed by atoms with Crippen LogP contribution < -0.4 is 20.6 Å². The van der Waals surface area contributed by atoms with Crippen LogP contribution in [0.25, 0.3) is 44.5 Å². The van der Waals surface area contributed by atoms with Crippen molar-refractivity contribution in [3.8, 4) is 44.5 Å². The lowest BCUT2D eigenvalue weighted by atomic mass is 9.41. The third kappa shape index (κ3) is 5.39. The van der Waals surface area contributed by atoms with Gasteiger partial charge in [-0.15, -0.1) is 0 Å². The smallest absolute Gasteiger partial charge is 0.333 e. The molecule has 2 aliphatic carbocycles. The summed E-state index contributed by atoms with van der Waals surface area (Å²) in [6.07, 6.45) is 6.73. The van der Waals surface area contributed by atoms with Gasteiger partial charge in [-0.2, -0.15) is 0 Å². The highest BCUT2D eigenvalue weighted by molar-refractivity contribution is 6.94. The third-order valence-corrected chi connectivity index (χ3v) is 16.8. The summed E-state index contributed by atoms with van der Waals surface area (Å²) in [7, 11) is 0. The van der Waals surface area contributed by atoms with E-state index in [9.17, 15) is 0 Å². The molecule has 69 heavy (non-hydrogen) atoms. The Balaban J connectivity index is 1.15. The SMILES string of the molecule is CCCCc1ccc(N2c3cc(CCCC)cc4c3B(c3c2ccc2c3-c3ccccc3C2(C)C)N2c3ccccc3C3(c5ccccc5-c5ccccc53)c3cccc-4c32)c(-c2ccccc2)c1. The molecule has 2 nitrogen and oxygen atoms in total. The number of rotatable bonds is 8. The molecule has 0 atom stereocenters. The molecule has 9 aromatic carbocycles. The van der Waals surface area contributed by atoms with Gasteiger partial charge < -0.3 is 9.71 Å². The number of nitrogens with zero attached hydrogens (tertiary/aromatic N) is 2. The molecule has 0 saturated heterocycles. The van der Waals surface area contributed by atoms with E-state index in [0.29, 0.717) is 0 Å². The molecule has 9 aromatic rings. The van der Waals surface area contributed by atoms with Gasteiger partial charge in [-0.05, 0) is 145 Å². The minimum Gasteiger partial charge on any atom is -0.376 e. The van der Waals surface area contributed by atoms with Gasteiger partial charge >= 0.3 is 6.85 Å². The van der Waals surface area contributed by atoms with Crippen LogP contribution in [0, 0.1) is 0 Å². The molecule has 0 amide bonds. The molecule has 3 heterocycles. The predicted octanol–water partition coefficient (Wildman–Crippen LogP) is 15.7. The Morgan fingerprint density at radius 2 is 1.00 bits per heavy atom. The molecule has 332 valence electrons. The second-order valence-corrected chi connectivity index (χ2v) is 20.8. The van der Waals surface area contributed by atoms with E-state index < -0.39 is 5.41 Å². The van der Waals surface area contributed by atoms with E-state index in [0.717, 1.165) is 25.7 Å². The number of para-hydroxylation sites is 2. The Morgan fingerprint density at radius 3 is 1.74 bits per heavy atom. The van der Waals surface area contributed by atoms with Crippen molar-refractivity contribution in [3.05, 3.63) is 233 Å². The van der Waals surface area contributed by atoms with Crippen molar-refractivity contribution in [2.75, 3.05) is 9.71 Å². The second-order valence-electron chi connectivity index (χ2n) is 20.8. The van der Waals surface area contributed by atoms with Crippen LogP contribution in [0.4, 0.5) is 28.4 Å². The van der Waals surface area contributed by atoms with Crippen LogP contribution in [-0.2, 0) is 23.7 Å². The van der Waals surface area contributed by atoms with E-state index >= 15 is 0 Å². The fraction of sp³-hybridized carbons (Fsp3) is 0.182. The maximum atomic E-state index is 2.82. The largest absolute Gasteiger partial charge is 0.376 e. The number of hydrogen-bond donors (Lipinski definition) is 0. The van der Waals surface area contributed by atoms with Crippen molar-refractivity contribution >= 4 is 46.2 Å². The van der Waals surface area contributed by atoms with Gasteiger partial charge in [0.05, 0.1) is 11.1 Å². The van der Waals surface area contributed by atoms with E-state index in [1.807, 2.05) is 0 Å². The minimum atomic E-state index is -0.493. The van der Waals surface area contributed by atoms with Crippen molar-refractivity contribution in [1.82, 2.24) is 0 Å². The zero-order valence-corrected chi connectivity index (χ0v) is 40.1. The molecule has 0 aromatic heterocycles. The highest BCUT2D eigenvalue weighted by Crippen LogP contribution is 2.65. The van der Waals surface area contributed by atoms with Crippen LogP contribution in [0.2, 0.25) is 0 Å². The van der Waals surface area contributed by atoms with Crippen LogP contribution in [0.3, 0.4) is 0 Å². The topological polar surface area (TPSA) is 6.48 Å². The molecule has 1 spiro atoms. The molecule has 3 aliphatic heterocycles. The van der Waals surface area contributed by atoms with Gasteiger partial charge in [-0.25, -0.2) is 0 Å². The van der Waals surface area contributed by atoms with Crippen LogP contribution in [-0.4, -0.2) is 6.85 Å². The normalized spacial score (nSPS) is 15.2. The monoisotopic (exact) mass is 886 g/mol. The van der Waals surface area contributed by atoms with Gasteiger partial charge in [0.1, 0.15) is 0 Å². The van der Waals surface area contributed by atoms with Gasteiger partial charge in [-0.1, -0.05) is 198 Å². The lowest BCUT2D eigenvalue weighted by Crippen LogP contribution is -2.63. The molecule has 0 fully saturated rings. The highest BCUT2D eigenvalue weighted by Gasteiger charge is 2.57. The number of unbranched alkanes of at least 4 members (excludes halogenated alkanes) is 2. The average molecular weight is 887 g/mol. The van der Waals surface area contributed by atoms with Crippen molar-refractivity contribution in [1.29, 1.82) is 0 Å². The highest BCUT2D eigenvalue weighted by atomic mass is 15.2. The Bertz CT molecular complexity index is 3550. The molecular formula is C66H55BN2. The molecule has 0 N–H and O–H groups in total. The summed E-state index contributed by atoms with van der Waals surface area (Å²) in [4.78, 5) is 5.53. The molecule has 14 rings (SSSR count). The first-order valence-electron chi connectivity index (χ1n) is 25.6. The number of fused-ring (bicyclic) bond motifs is 17. The summed E-state index contributed by atoms with van der Waals surface area (Å²) >= 11 is 0. The Hall–Kier alpha value is -7.36. The third-order valence-electron chi connectivity index (χ3n) is 16.8. The molecule has 5 aliphatic rings. The van der Waals surface area contributed by atoms with Crippen molar-refractivity contribution in [3.63, 3.8) is 0 Å². The molecule has 0 bridgehead atoms. The van der Waals surface area contributed by atoms with Crippen LogP contribution >= 0.6 is 0 Å². The quantitative estimate of drug-likeness (QED) is 0.140. The minimum absolute atomic E-state index is 0.110. The first kappa shape index (κ1) is 40.7. The molecule has 0 radical (unpaired) electrons. The van der Waals surface area contributed by atoms with Gasteiger partial charge in [0.2, 0.25) is 0 Å². The summed E-state index contributed by atoms with van der Waals surface area (Å²) in [5.74, 6) is 0. The van der Waals surface area contributed by atoms with Gasteiger partial charge in [0.25, 0.3) is 0 Å². The van der Waals surface area contributed by atoms with E-state index in [1.165, 1.54) is 141 Å². The first-order chi connectivity index (χ1) is 33.9. The second kappa shape index (κ2) is 15.1. The fourth-order valence-corrected chi connectivity index (χ4v) is 13.8. The Kier molecular flexibility index (Phi) is 8.89. The van der Waals surface area contributed by atoms with Crippen LogP contribution in [0.15, 0.2) is 188 Å². The van der Waals surface area contributed by atoms with E-state index in [1.54, 1.807) is 0 Å². The lowest BCUT2D eigenvalue weighted by molar-refractivity contribution is 0.660. The van der Waals surface area contributed by atoms with E-state index in [2.05, 4.69) is 225 Å². The summed E-state index contributed by atoms with van der Waals surface area (Å²) in [5, 5.41) is 0. The summed E-state index contributed by atoms with van der Waals surface area (Å²) in [5.41, 5.74) is 30.3. The molecule has 0 saturated carbocycles. The summed E-state index contributed by atoms with van der Waals surface area (Å²) < 4.78 is 0. The van der Waals surface area contributed by atoms with Gasteiger partial charge in [0, 0.05) is 39.3 Å². The standard InChI is InChI=1S/C66H55BN2/c1-5-7-21-42-35-37-57(49(39-42)44-23-10-9-11-24-44)68-59-38-36-55-61(48-27-14-15-29-51(48)65(55,3)4)63(59)67-62-50(40-43(22-8-6-2)41-60(62)68)47-28-20-33-56-64(47)69(67)58-34-19-18-32-54(58)66(56)52-30-16-12-25-45(52)46-26-13-17-31-53(46)66/h9-20,23-41H,5-8,21-22H2,1-4H3. The Morgan fingerprint density at radius 1 is 0.406 bits per heavy atom. The van der Waals surface area contributed by atoms with Crippen LogP contribution in [0.1, 0.15) is 97.9 Å². The first-order valence-corrected chi connectivity index (χ1v) is 25.6. The molecular weight excluding hydrogens is 832 g/mol. The maximum absolute atomic E-state index is 2.82. The maximum Gasteiger partial charge on any atom is 0.333 e. The predicted molar refractivity (Wildman–Crippen MR) is 291 cm³/mol. The zero-order chi connectivity index (χ0) is 46.2. The number of benzene rings is 9. The Labute approximate surface area is 408 Å². The van der Waals surface area contributed by atoms with Crippen molar-refractivity contribution in [2.24, 2.45) is 0 Å². The van der Waals surface area contributed by atoms with E-state index in [-0.39, 0.29) is 12.3 Å².